The Kier molecular flexibility index (Phi) is 3.40. The van der Waals surface area contributed by atoms with Crippen molar-refractivity contribution >= 4 is 17.9 Å². The molecular weight excluding hydrogens is 239 g/mol. The summed E-state index contributed by atoms with van der Waals surface area (Å²) in [5, 5.41) is 11.4. The fourth-order valence-electron chi connectivity index (χ4n) is 1.24. The van der Waals surface area contributed by atoms with Crippen LogP contribution in [0.1, 0.15) is 22.8 Å². The number of hydrogen-bond acceptors (Lipinski definition) is 3. The lowest BCUT2D eigenvalue weighted by atomic mass is 10.1. The third-order valence-electron chi connectivity index (χ3n) is 1.91. The number of phenols is 1. The largest absolute Gasteiger partial charge is 0.506 e. The highest BCUT2D eigenvalue weighted by molar-refractivity contribution is 5.92. The topological polar surface area (TPSA) is 66.4 Å². The maximum atomic E-state index is 12.5. The SMILES string of the molecule is CC(=O)Nc1cc(C=O)c(C(F)(F)F)cc1O. The zero-order valence-electron chi connectivity index (χ0n) is 8.63. The number of anilines is 1. The maximum Gasteiger partial charge on any atom is 0.417 e. The molecule has 0 radical (unpaired) electrons. The number of hydrogen-bond donors (Lipinski definition) is 2. The molecule has 7 heteroatoms. The third kappa shape index (κ3) is 2.96. The van der Waals surface area contributed by atoms with Crippen LogP contribution >= 0.6 is 0 Å². The van der Waals surface area contributed by atoms with Gasteiger partial charge < -0.3 is 10.4 Å². The van der Waals surface area contributed by atoms with E-state index >= 15 is 0 Å². The summed E-state index contributed by atoms with van der Waals surface area (Å²) < 4.78 is 37.4. The molecule has 1 amide bonds. The molecule has 92 valence electrons. The van der Waals surface area contributed by atoms with Crippen molar-refractivity contribution in [3.63, 3.8) is 0 Å². The summed E-state index contributed by atoms with van der Waals surface area (Å²) >= 11 is 0. The van der Waals surface area contributed by atoms with E-state index in [1.165, 1.54) is 0 Å². The van der Waals surface area contributed by atoms with Crippen LogP contribution in [-0.2, 0) is 11.0 Å². The molecule has 0 aliphatic heterocycles. The summed E-state index contributed by atoms with van der Waals surface area (Å²) in [5.74, 6) is -1.32. The molecule has 0 bridgehead atoms. The number of carbonyl (C=O) groups excluding carboxylic acids is 2. The van der Waals surface area contributed by atoms with Crippen LogP contribution in [0.25, 0.3) is 0 Å². The van der Waals surface area contributed by atoms with E-state index in [0.717, 1.165) is 13.0 Å². The zero-order valence-corrected chi connectivity index (χ0v) is 8.63. The molecule has 4 nitrogen and oxygen atoms in total. The molecule has 0 heterocycles. The molecule has 0 saturated heterocycles. The van der Waals surface area contributed by atoms with Crippen molar-refractivity contribution in [2.75, 3.05) is 5.32 Å². The molecule has 2 N–H and O–H groups in total. The van der Waals surface area contributed by atoms with Crippen LogP contribution in [0.15, 0.2) is 12.1 Å². The van der Waals surface area contributed by atoms with E-state index in [4.69, 9.17) is 0 Å². The lowest BCUT2D eigenvalue weighted by molar-refractivity contribution is -0.137. The van der Waals surface area contributed by atoms with Crippen LogP contribution in [-0.4, -0.2) is 17.3 Å². The quantitative estimate of drug-likeness (QED) is 0.621. The molecule has 0 aliphatic carbocycles. The molecule has 1 aromatic rings. The van der Waals surface area contributed by atoms with Gasteiger partial charge in [0.1, 0.15) is 5.75 Å². The van der Waals surface area contributed by atoms with Gasteiger partial charge in [-0.3, -0.25) is 9.59 Å². The number of halogens is 3. The lowest BCUT2D eigenvalue weighted by Crippen LogP contribution is -2.11. The molecule has 0 fully saturated rings. The smallest absolute Gasteiger partial charge is 0.417 e. The van der Waals surface area contributed by atoms with Gasteiger partial charge in [0.25, 0.3) is 0 Å². The minimum atomic E-state index is -4.75. The molecule has 17 heavy (non-hydrogen) atoms. The number of carbonyl (C=O) groups is 2. The van der Waals surface area contributed by atoms with E-state index in [1.54, 1.807) is 0 Å². The average molecular weight is 247 g/mol. The van der Waals surface area contributed by atoms with Crippen molar-refractivity contribution in [2.24, 2.45) is 0 Å². The first-order valence-electron chi connectivity index (χ1n) is 4.42. The van der Waals surface area contributed by atoms with E-state index in [2.05, 4.69) is 5.32 Å². The molecule has 0 aromatic heterocycles. The van der Waals surface area contributed by atoms with Gasteiger partial charge in [0.05, 0.1) is 11.3 Å². The minimum Gasteiger partial charge on any atom is -0.506 e. The monoisotopic (exact) mass is 247 g/mol. The Hall–Kier alpha value is -2.05. The normalized spacial score (nSPS) is 11.1. The number of aldehydes is 1. The van der Waals surface area contributed by atoms with Crippen molar-refractivity contribution in [3.05, 3.63) is 23.3 Å². The molecule has 0 aliphatic rings. The summed E-state index contributed by atoms with van der Waals surface area (Å²) in [6, 6.07) is 1.17. The van der Waals surface area contributed by atoms with Crippen molar-refractivity contribution in [2.45, 2.75) is 13.1 Å². The Balaban J connectivity index is 3.34. The Labute approximate surface area is 94.1 Å². The summed E-state index contributed by atoms with van der Waals surface area (Å²) in [5.41, 5.74) is -2.15. The second-order valence-electron chi connectivity index (χ2n) is 3.25. The predicted octanol–water partition coefficient (Wildman–Crippen LogP) is 2.18. The average Bonchev–Trinajstić information content (AvgIpc) is 2.18. The second-order valence-corrected chi connectivity index (χ2v) is 3.25. The van der Waals surface area contributed by atoms with Crippen LogP contribution in [0.4, 0.5) is 18.9 Å². The summed E-state index contributed by atoms with van der Waals surface area (Å²) in [4.78, 5) is 21.2. The molecular formula is C10H8F3NO3. The van der Waals surface area contributed by atoms with Crippen LogP contribution < -0.4 is 5.32 Å². The number of alkyl halides is 3. The number of nitrogens with one attached hydrogen (secondary N) is 1. The van der Waals surface area contributed by atoms with Crippen molar-refractivity contribution in [1.29, 1.82) is 0 Å². The second kappa shape index (κ2) is 4.44. The van der Waals surface area contributed by atoms with Gasteiger partial charge in [-0.25, -0.2) is 0 Å². The lowest BCUT2D eigenvalue weighted by Gasteiger charge is -2.12. The molecule has 0 spiro atoms. The fourth-order valence-corrected chi connectivity index (χ4v) is 1.24. The number of benzene rings is 1. The van der Waals surface area contributed by atoms with E-state index in [1.807, 2.05) is 0 Å². The Morgan fingerprint density at radius 1 is 1.41 bits per heavy atom. The van der Waals surface area contributed by atoms with Gasteiger partial charge in [-0.2, -0.15) is 13.2 Å². The van der Waals surface area contributed by atoms with Crippen LogP contribution in [0, 0.1) is 0 Å². The molecule has 1 rings (SSSR count). The van der Waals surface area contributed by atoms with E-state index in [-0.39, 0.29) is 12.0 Å². The molecule has 0 unspecified atom stereocenters. The standard InChI is InChI=1S/C10H8F3NO3/c1-5(16)14-8-2-6(4-15)7(3-9(8)17)10(11,12)13/h2-4,17H,1H3,(H,14,16). The van der Waals surface area contributed by atoms with Gasteiger partial charge in [0, 0.05) is 12.5 Å². The van der Waals surface area contributed by atoms with Crippen molar-refractivity contribution in [3.8, 4) is 5.75 Å². The highest BCUT2D eigenvalue weighted by atomic mass is 19.4. The van der Waals surface area contributed by atoms with Gasteiger partial charge in [-0.1, -0.05) is 0 Å². The summed E-state index contributed by atoms with van der Waals surface area (Å²) in [6.45, 7) is 1.12. The first kappa shape index (κ1) is 13.0. The Morgan fingerprint density at radius 3 is 2.41 bits per heavy atom. The third-order valence-corrected chi connectivity index (χ3v) is 1.91. The number of phenolic OH excluding ortho intramolecular Hbond substituents is 1. The van der Waals surface area contributed by atoms with Crippen molar-refractivity contribution in [1.82, 2.24) is 0 Å². The first-order chi connectivity index (χ1) is 7.75. The number of aromatic hydroxyl groups is 1. The highest BCUT2D eigenvalue weighted by Crippen LogP contribution is 2.37. The van der Waals surface area contributed by atoms with Gasteiger partial charge in [0.15, 0.2) is 6.29 Å². The van der Waals surface area contributed by atoms with E-state index in [0.29, 0.717) is 6.07 Å². The first-order valence-corrected chi connectivity index (χ1v) is 4.42. The minimum absolute atomic E-state index is 0.00752. The molecule has 1 aromatic carbocycles. The zero-order chi connectivity index (χ0) is 13.2. The highest BCUT2D eigenvalue weighted by Gasteiger charge is 2.34. The van der Waals surface area contributed by atoms with Gasteiger partial charge in [-0.05, 0) is 12.1 Å². The van der Waals surface area contributed by atoms with Gasteiger partial charge in [0.2, 0.25) is 5.91 Å². The Bertz CT molecular complexity index is 469. The van der Waals surface area contributed by atoms with E-state index in [9.17, 15) is 27.9 Å². The molecule has 0 saturated carbocycles. The van der Waals surface area contributed by atoms with Crippen LogP contribution in [0.2, 0.25) is 0 Å². The number of amides is 1. The predicted molar refractivity (Wildman–Crippen MR) is 52.8 cm³/mol. The Morgan fingerprint density at radius 2 is 2.00 bits per heavy atom. The summed E-state index contributed by atoms with van der Waals surface area (Å²) in [7, 11) is 0. The van der Waals surface area contributed by atoms with Crippen LogP contribution in [0.3, 0.4) is 0 Å². The van der Waals surface area contributed by atoms with Gasteiger partial charge in [-0.15, -0.1) is 0 Å². The number of rotatable bonds is 2. The van der Waals surface area contributed by atoms with E-state index < -0.39 is 29.0 Å². The van der Waals surface area contributed by atoms with Crippen LogP contribution in [0.5, 0.6) is 5.75 Å². The summed E-state index contributed by atoms with van der Waals surface area (Å²) in [6.07, 6.45) is -4.74. The van der Waals surface area contributed by atoms with Gasteiger partial charge >= 0.3 is 6.18 Å². The maximum absolute atomic E-state index is 12.5. The molecule has 0 atom stereocenters. The van der Waals surface area contributed by atoms with Crippen molar-refractivity contribution < 1.29 is 27.9 Å². The fraction of sp³-hybridized carbons (Fsp3) is 0.200.